The fourth-order valence-corrected chi connectivity index (χ4v) is 11.6. The first kappa shape index (κ1) is 73.4. The van der Waals surface area contributed by atoms with Crippen LogP contribution < -0.4 is 70.3 Å². The van der Waals surface area contributed by atoms with Gasteiger partial charge in [-0.1, -0.05) is 55.7 Å². The maximum Gasteiger partial charge on any atom is 1.00 e. The van der Waals surface area contributed by atoms with E-state index >= 15 is 0 Å². The van der Waals surface area contributed by atoms with Crippen LogP contribution in [0.25, 0.3) is 21.1 Å². The van der Waals surface area contributed by atoms with Gasteiger partial charge in [0.2, 0.25) is 35.4 Å². The number of unbranched alkanes of at least 4 members (excludes halogenated alkanes) is 4. The molecule has 3 fully saturated rings. The number of amides is 7. The first-order chi connectivity index (χ1) is 43.1. The summed E-state index contributed by atoms with van der Waals surface area (Å²) in [5.74, 6) is -9.05. The molecule has 0 aliphatic carbocycles. The number of nitrogens with zero attached hydrogens (tertiary/aromatic N) is 5. The van der Waals surface area contributed by atoms with Gasteiger partial charge in [0.1, 0.15) is 52.0 Å². The Bertz CT molecular complexity index is 3150. The van der Waals surface area contributed by atoms with E-state index in [1.165, 1.54) is 36.5 Å². The van der Waals surface area contributed by atoms with Gasteiger partial charge in [-0.15, -0.1) is 14.5 Å². The Balaban J connectivity index is 0.0000132. The van der Waals surface area contributed by atoms with Crippen LogP contribution in [0.2, 0.25) is 0 Å². The van der Waals surface area contributed by atoms with Gasteiger partial charge in [-0.05, 0) is 73.9 Å². The van der Waals surface area contributed by atoms with Crippen LogP contribution in [0.3, 0.4) is 0 Å². The van der Waals surface area contributed by atoms with Gasteiger partial charge in [-0.3, -0.25) is 38.6 Å². The van der Waals surface area contributed by atoms with E-state index in [4.69, 9.17) is 13.7 Å². The zero-order chi connectivity index (χ0) is 65.2. The number of aromatic hydroxyl groups is 1. The summed E-state index contributed by atoms with van der Waals surface area (Å²) in [6.07, 6.45) is -7.98. The van der Waals surface area contributed by atoms with Crippen molar-refractivity contribution in [2.75, 3.05) is 40.0 Å². The molecular weight excluding hydrogens is 1240 g/mol. The van der Waals surface area contributed by atoms with Crippen molar-refractivity contribution in [3.8, 4) is 44.5 Å². The molecule has 4 aromatic rings. The number of methoxy groups -OCH3 is 1. The number of nitrogens with one attached hydrogen (secondary N) is 5. The number of hydrogen-bond acceptors (Lipinski definition) is 25. The van der Waals surface area contributed by atoms with Crippen LogP contribution in [0.1, 0.15) is 81.1 Å². The molecule has 7 amide bonds. The van der Waals surface area contributed by atoms with E-state index in [0.29, 0.717) is 27.9 Å². The minimum Gasteiger partial charge on any atom is -0.691 e. The Morgan fingerprint density at radius 2 is 1.42 bits per heavy atom. The van der Waals surface area contributed by atoms with E-state index in [1.807, 2.05) is 24.3 Å². The van der Waals surface area contributed by atoms with E-state index in [-0.39, 0.29) is 65.3 Å². The molecule has 7 unspecified atom stereocenters. The molecule has 3 aliphatic heterocycles. The predicted molar refractivity (Wildman–Crippen MR) is 315 cm³/mol. The van der Waals surface area contributed by atoms with Gasteiger partial charge >= 0.3 is 29.6 Å². The zero-order valence-electron chi connectivity index (χ0n) is 50.2. The maximum atomic E-state index is 14.6. The van der Waals surface area contributed by atoms with Crippen molar-refractivity contribution in [3.05, 3.63) is 77.9 Å². The third-order valence-corrected chi connectivity index (χ3v) is 16.8. The fourth-order valence-electron chi connectivity index (χ4n) is 10.5. The molecule has 30 nitrogen and oxygen atoms in total. The molecule has 4 heterocycles. The molecule has 13 atom stereocenters. The van der Waals surface area contributed by atoms with Crippen LogP contribution in [0.15, 0.2) is 66.7 Å². The number of hydrogen-bond donors (Lipinski definition) is 12. The normalized spacial score (nSPS) is 24.6. The van der Waals surface area contributed by atoms with E-state index in [9.17, 15) is 79.8 Å². The third kappa shape index (κ3) is 19.9. The van der Waals surface area contributed by atoms with Crippen LogP contribution in [0.5, 0.6) is 17.2 Å². The van der Waals surface area contributed by atoms with Crippen LogP contribution in [0, 0.1) is 17.2 Å². The van der Waals surface area contributed by atoms with E-state index in [0.717, 1.165) is 73.1 Å². The standard InChI is InChI=1S/C58H74N10O20S2.Na/c1-30-28-68-48(49(30)75)54(80)60-27-36(70)25-39(61-50(76)33-10-12-34(13-11-33)55-65-66-56(89-55)35-14-16-38(17-15-35)85-22-8-6-4-5-7-21-84-3)51(77)62-45(31(2)69)57(81)67-29-37(71)26-40(67)52(78)63-46(53(79)64-47(58(68)82)42(73)19-20-59)43(74)23-32-9-18-41(72)44(24-32)86-90-88-87-83;/h9-18,24,30-31,36-37,39-40,42-43,45-49,69-75,83H,4-8,19,21-23,25-29H2,1-3H3,(H,60,80)(H,61,76)(H,62,77)(H,63,78)(H,64,79);/q;+1/p-1/t30?,31?,36-,37?,39-,40?,42+,43+,45?,46?,47-,48?,49-;/m0./s1. The Hall–Kier alpha value is -6.65. The average molecular weight is 1320 g/mol. The minimum absolute atomic E-state index is 0. The molecule has 12 N–H and O–H groups in total. The maximum absolute atomic E-state index is 14.6. The van der Waals surface area contributed by atoms with Crippen LogP contribution in [-0.2, 0) is 49.3 Å². The molecule has 0 radical (unpaired) electrons. The van der Waals surface area contributed by atoms with Gasteiger partial charge in [0.05, 0.1) is 55.7 Å². The minimum atomic E-state index is -2.17. The largest absolute Gasteiger partial charge is 1.00 e. The number of aliphatic hydroxyl groups excluding tert-OH is 6. The SMILES string of the molecule is COCCCCCCCOc1ccc(-c2nnc(-c3ccc(C(=O)N[C@H]4C[C@H](O)CNC(=O)C5[C@@H](O)C(C)CN5C(=O)[C@H]([C@H](O)CC#N)NC(=O)C([C@H](O)Cc5ccc(O)c(OSOO[O-])c5)NC(=O)C5CC(O)CN5C(=O)C(C(C)O)NC4=O)cc3)s2)cc1.[Na+]. The summed E-state index contributed by atoms with van der Waals surface area (Å²) in [4.78, 5) is 103. The molecular formula is C58H73N10NaO20S2. The summed E-state index contributed by atoms with van der Waals surface area (Å²) in [6, 6.07) is 7.19. The molecule has 0 saturated carbocycles. The summed E-state index contributed by atoms with van der Waals surface area (Å²) in [7, 11) is 1.69. The molecule has 7 rings (SSSR count). The average Bonchev–Trinajstić information content (AvgIpc) is 1.80. The number of fused-ring (bicyclic) bond motifs is 2. The number of phenolic OH excluding ortho intramolecular Hbond substituents is 1. The molecule has 0 spiro atoms. The smallest absolute Gasteiger partial charge is 0.691 e. The number of aliphatic hydroxyl groups is 6. The molecule has 91 heavy (non-hydrogen) atoms. The van der Waals surface area contributed by atoms with Crippen molar-refractivity contribution in [1.29, 1.82) is 5.26 Å². The van der Waals surface area contributed by atoms with Gasteiger partial charge in [-0.2, -0.15) is 5.26 Å². The monoisotopic (exact) mass is 1320 g/mol. The zero-order valence-corrected chi connectivity index (χ0v) is 53.9. The number of carbonyl (C=O) groups excluding carboxylic acids is 7. The Morgan fingerprint density at radius 1 is 0.791 bits per heavy atom. The summed E-state index contributed by atoms with van der Waals surface area (Å²) in [5.41, 5.74) is 1.47. The second-order valence-electron chi connectivity index (χ2n) is 22.1. The molecule has 0 bridgehead atoms. The first-order valence-corrected chi connectivity index (χ1v) is 30.4. The predicted octanol–water partition coefficient (Wildman–Crippen LogP) is -4.41. The number of nitriles is 1. The molecule has 488 valence electrons. The summed E-state index contributed by atoms with van der Waals surface area (Å²) in [5, 5.41) is 123. The van der Waals surface area contributed by atoms with Gasteiger partial charge in [0.25, 0.3) is 18.2 Å². The van der Waals surface area contributed by atoms with E-state index in [2.05, 4.69) is 46.2 Å². The van der Waals surface area contributed by atoms with Gasteiger partial charge < -0.3 is 91.0 Å². The second-order valence-corrected chi connectivity index (χ2v) is 23.5. The topological polar surface area (TPSA) is 447 Å². The van der Waals surface area contributed by atoms with Crippen molar-refractivity contribution < 1.29 is 127 Å². The fraction of sp³-hybridized carbons (Fsp3) is 0.517. The molecule has 33 heteroatoms. The molecule has 3 aromatic carbocycles. The number of phenols is 1. The number of benzene rings is 3. The van der Waals surface area contributed by atoms with Crippen molar-refractivity contribution in [2.45, 2.75) is 145 Å². The Labute approximate surface area is 553 Å². The van der Waals surface area contributed by atoms with Crippen LogP contribution in [-0.4, -0.2) is 210 Å². The molecule has 3 aliphatic rings. The first-order valence-electron chi connectivity index (χ1n) is 29.0. The van der Waals surface area contributed by atoms with Crippen molar-refractivity contribution in [3.63, 3.8) is 0 Å². The summed E-state index contributed by atoms with van der Waals surface area (Å²) >= 11 is 1.29. The number of β-amino-alcohol motifs (C(OH)–C–C–N with tert-alkyl or cyclic N) is 1. The van der Waals surface area contributed by atoms with E-state index < -0.39 is 165 Å². The molecule has 1 aromatic heterocycles. The number of rotatable bonds is 23. The van der Waals surface area contributed by atoms with Crippen molar-refractivity contribution >= 4 is 65.0 Å². The van der Waals surface area contributed by atoms with Crippen LogP contribution >= 0.6 is 23.7 Å². The van der Waals surface area contributed by atoms with Crippen molar-refractivity contribution in [2.24, 2.45) is 5.92 Å². The van der Waals surface area contributed by atoms with Gasteiger partial charge in [0.15, 0.2) is 11.5 Å². The summed E-state index contributed by atoms with van der Waals surface area (Å²) < 4.78 is 20.2. The Morgan fingerprint density at radius 3 is 2.07 bits per heavy atom. The van der Waals surface area contributed by atoms with Gasteiger partial charge in [0, 0.05) is 75.2 Å². The van der Waals surface area contributed by atoms with Gasteiger partial charge in [-0.25, -0.2) is 0 Å². The number of aromatic nitrogens is 2. The quantitative estimate of drug-likeness (QED) is 0.0110. The number of carbonyl (C=O) groups is 7. The second kappa shape index (κ2) is 35.4. The molecule has 3 saturated heterocycles. The Kier molecular flexibility index (Phi) is 28.6. The van der Waals surface area contributed by atoms with Crippen molar-refractivity contribution in [1.82, 2.24) is 46.6 Å². The third-order valence-electron chi connectivity index (χ3n) is 15.4. The van der Waals surface area contributed by atoms with Crippen LogP contribution in [0.4, 0.5) is 0 Å². The number of ether oxygens (including phenoxy) is 2. The van der Waals surface area contributed by atoms with E-state index in [1.54, 1.807) is 25.3 Å². The summed E-state index contributed by atoms with van der Waals surface area (Å²) in [6.45, 7) is 2.28.